The van der Waals surface area contributed by atoms with Gasteiger partial charge in [0.1, 0.15) is 24.2 Å². The van der Waals surface area contributed by atoms with Crippen molar-refractivity contribution in [3.63, 3.8) is 0 Å². The number of carbonyl (C=O) groups is 3. The second-order valence-corrected chi connectivity index (χ2v) is 8.10. The minimum Gasteiger partial charge on any atom is -0.489 e. The summed E-state index contributed by atoms with van der Waals surface area (Å²) < 4.78 is 74.5. The van der Waals surface area contributed by atoms with Crippen molar-refractivity contribution >= 4 is 17.6 Å². The van der Waals surface area contributed by atoms with Crippen molar-refractivity contribution < 1.29 is 34.8 Å². The molecule has 1 saturated heterocycles. The second-order valence-electron chi connectivity index (χ2n) is 8.10. The number of Topliss-reactive ketones (excluding diaryl/α,β-unsaturated/α-hetero) is 1. The van der Waals surface area contributed by atoms with Gasteiger partial charge in [-0.25, -0.2) is 0 Å². The summed E-state index contributed by atoms with van der Waals surface area (Å²) in [5, 5.41) is 0. The molecule has 0 bridgehead atoms. The molecule has 2 amide bonds. The van der Waals surface area contributed by atoms with E-state index < -0.39 is 44.6 Å². The number of ether oxygens (including phenoxy) is 2. The van der Waals surface area contributed by atoms with Gasteiger partial charge in [0.05, 0.1) is 25.1 Å². The summed E-state index contributed by atoms with van der Waals surface area (Å²) in [4.78, 5) is 38.4. The number of morpholine rings is 1. The summed E-state index contributed by atoms with van der Waals surface area (Å²) in [5.74, 6) is -0.791. The molecule has 8 nitrogen and oxygen atoms in total. The second kappa shape index (κ2) is 10.8. The van der Waals surface area contributed by atoms with Crippen molar-refractivity contribution in [1.82, 2.24) is 9.80 Å². The lowest BCUT2D eigenvalue weighted by Gasteiger charge is -2.26. The molecule has 2 aliphatic rings. The first-order valence-corrected chi connectivity index (χ1v) is 10.8. The summed E-state index contributed by atoms with van der Waals surface area (Å²) in [6.45, 7) is -11.1. The molecule has 1 fully saturated rings. The lowest BCUT2D eigenvalue weighted by atomic mass is 10.1. The molecule has 2 aromatic carbocycles. The first-order chi connectivity index (χ1) is 19.4. The third-order valence-electron chi connectivity index (χ3n) is 5.65. The molecule has 180 valence electrons. The van der Waals surface area contributed by atoms with E-state index in [0.717, 1.165) is 0 Å². The number of nitrogens with two attached hydrogens (primary N) is 1. The zero-order valence-electron chi connectivity index (χ0n) is 26.7. The molecule has 0 radical (unpaired) electrons. The van der Waals surface area contributed by atoms with Crippen LogP contribution in [0, 0.1) is 0 Å². The molecule has 4 rings (SSSR count). The third kappa shape index (κ3) is 5.63. The third-order valence-corrected chi connectivity index (χ3v) is 5.65. The Morgan fingerprint density at radius 1 is 1.15 bits per heavy atom. The average Bonchev–Trinajstić information content (AvgIpc) is 3.21. The lowest BCUT2D eigenvalue weighted by Crippen LogP contribution is -2.45. The van der Waals surface area contributed by atoms with Crippen molar-refractivity contribution in [2.24, 2.45) is 5.73 Å². The van der Waals surface area contributed by atoms with Gasteiger partial charge in [-0.2, -0.15) is 0 Å². The number of benzene rings is 2. The number of hydrogen-bond donors (Lipinski definition) is 1. The fraction of sp³-hybridized carbons (Fsp3) is 0.423. The summed E-state index contributed by atoms with van der Waals surface area (Å²) in [6, 6.07) is 10.4. The van der Waals surface area contributed by atoms with Crippen LogP contribution in [0.3, 0.4) is 0 Å². The van der Waals surface area contributed by atoms with Crippen LogP contribution >= 0.6 is 0 Å². The maximum Gasteiger partial charge on any atom is 0.255 e. The molecule has 1 atom stereocenters. The number of carbonyl (C=O) groups excluding carboxylic acids is 3. The highest BCUT2D eigenvalue weighted by Crippen LogP contribution is 2.33. The quantitative estimate of drug-likeness (QED) is 0.568. The van der Waals surface area contributed by atoms with E-state index >= 15 is 0 Å². The van der Waals surface area contributed by atoms with Gasteiger partial charge in [-0.15, -0.1) is 0 Å². The predicted octanol–water partition coefficient (Wildman–Crippen LogP) is 2.28. The topological polar surface area (TPSA) is 102 Å². The Balaban J connectivity index is 1.47. The van der Waals surface area contributed by atoms with Crippen LogP contribution in [0.25, 0.3) is 0 Å². The van der Waals surface area contributed by atoms with Gasteiger partial charge in [0.15, 0.2) is 0 Å². The highest BCUT2D eigenvalue weighted by Gasteiger charge is 2.37. The lowest BCUT2D eigenvalue weighted by molar-refractivity contribution is -0.123. The molecule has 0 spiro atoms. The Hall–Kier alpha value is -3.23. The van der Waals surface area contributed by atoms with Crippen LogP contribution in [0.5, 0.6) is 5.75 Å². The van der Waals surface area contributed by atoms with Gasteiger partial charge in [-0.1, -0.05) is 30.3 Å². The summed E-state index contributed by atoms with van der Waals surface area (Å²) >= 11 is 0. The van der Waals surface area contributed by atoms with E-state index in [1.807, 2.05) is 0 Å². The van der Waals surface area contributed by atoms with Gasteiger partial charge >= 0.3 is 0 Å². The SMILES string of the molecule is [2H]C1([2H])OC([2H])([2H])C([2H])([2H])N(Cc2ccc(COc3cccc4c3CN([C@@H](CCC(C)=O)C(N)=O)C4=O)cc2)C1([2H])[2H]. The van der Waals surface area contributed by atoms with Gasteiger partial charge < -0.3 is 24.9 Å². The van der Waals surface area contributed by atoms with Crippen LogP contribution in [0.15, 0.2) is 42.5 Å². The van der Waals surface area contributed by atoms with Crippen LogP contribution in [0.4, 0.5) is 0 Å². The Kier molecular flexibility index (Phi) is 4.96. The van der Waals surface area contributed by atoms with E-state index in [2.05, 4.69) is 4.74 Å². The van der Waals surface area contributed by atoms with Crippen LogP contribution in [0.1, 0.15) is 57.8 Å². The standard InChI is InChI=1S/C26H31N3O5/c1-18(30)5-10-23(25(27)31)29-16-22-21(26(29)32)3-2-4-24(22)34-17-20-8-6-19(7-9-20)15-28-11-13-33-14-12-28/h2-4,6-9,23H,5,10-17H2,1H3,(H2,27,31)/t23-/m0/s1/i11D2,12D2,13D2,14D2. The highest BCUT2D eigenvalue weighted by molar-refractivity contribution is 6.01. The first-order valence-electron chi connectivity index (χ1n) is 14.8. The molecule has 0 unspecified atom stereocenters. The molecule has 0 saturated carbocycles. The Morgan fingerprint density at radius 3 is 2.53 bits per heavy atom. The molecule has 8 heteroatoms. The van der Waals surface area contributed by atoms with Crippen LogP contribution in [0.2, 0.25) is 0 Å². The van der Waals surface area contributed by atoms with E-state index in [4.69, 9.17) is 21.4 Å². The summed E-state index contributed by atoms with van der Waals surface area (Å²) in [5.41, 5.74) is 7.55. The fourth-order valence-corrected chi connectivity index (χ4v) is 3.88. The normalized spacial score (nSPS) is 26.3. The van der Waals surface area contributed by atoms with Crippen molar-refractivity contribution in [3.05, 3.63) is 64.7 Å². The van der Waals surface area contributed by atoms with Crippen LogP contribution < -0.4 is 10.5 Å². The first kappa shape index (κ1) is 15.6. The van der Waals surface area contributed by atoms with Crippen molar-refractivity contribution in [2.75, 3.05) is 26.1 Å². The molecule has 2 N–H and O–H groups in total. The molecule has 2 aromatic rings. The maximum absolute atomic E-state index is 13.1. The molecule has 0 aliphatic carbocycles. The van der Waals surface area contributed by atoms with E-state index in [0.29, 0.717) is 32.9 Å². The van der Waals surface area contributed by atoms with Crippen molar-refractivity contribution in [1.29, 1.82) is 0 Å². The minimum absolute atomic E-state index is 0.0683. The predicted molar refractivity (Wildman–Crippen MR) is 126 cm³/mol. The van der Waals surface area contributed by atoms with Gasteiger partial charge in [0.25, 0.3) is 5.91 Å². The molecule has 0 aromatic heterocycles. The van der Waals surface area contributed by atoms with Gasteiger partial charge in [-0.05, 0) is 36.6 Å². The summed E-state index contributed by atoms with van der Waals surface area (Å²) in [7, 11) is 0. The monoisotopic (exact) mass is 473 g/mol. The Labute approximate surface area is 210 Å². The highest BCUT2D eigenvalue weighted by atomic mass is 16.5. The van der Waals surface area contributed by atoms with E-state index in [-0.39, 0.29) is 37.7 Å². The smallest absolute Gasteiger partial charge is 0.255 e. The molecular formula is C26H31N3O5. The Morgan fingerprint density at radius 2 is 1.85 bits per heavy atom. The zero-order valence-corrected chi connectivity index (χ0v) is 18.7. The van der Waals surface area contributed by atoms with Crippen molar-refractivity contribution in [3.8, 4) is 5.75 Å². The van der Waals surface area contributed by atoms with E-state index in [1.165, 1.54) is 11.8 Å². The van der Waals surface area contributed by atoms with Gasteiger partial charge in [0.2, 0.25) is 5.91 Å². The summed E-state index contributed by atoms with van der Waals surface area (Å²) in [6.07, 6.45) is 0.226. The minimum atomic E-state index is -3.12. The number of amides is 2. The Bertz CT molecular complexity index is 1360. The van der Waals surface area contributed by atoms with Crippen molar-refractivity contribution in [2.45, 2.75) is 45.5 Å². The number of nitrogens with zero attached hydrogens (tertiary/aromatic N) is 2. The van der Waals surface area contributed by atoms with Gasteiger partial charge in [-0.3, -0.25) is 14.5 Å². The number of primary amides is 1. The average molecular weight is 474 g/mol. The van der Waals surface area contributed by atoms with Crippen LogP contribution in [-0.2, 0) is 34.0 Å². The van der Waals surface area contributed by atoms with Gasteiger partial charge in [0, 0.05) is 42.6 Å². The number of ketones is 1. The largest absolute Gasteiger partial charge is 0.489 e. The number of rotatable bonds is 10. The van der Waals surface area contributed by atoms with Crippen LogP contribution in [-0.4, -0.2) is 59.6 Å². The maximum atomic E-state index is 13.1. The van der Waals surface area contributed by atoms with E-state index in [1.54, 1.807) is 42.5 Å². The molecular weight excluding hydrogens is 434 g/mol. The fourth-order valence-electron chi connectivity index (χ4n) is 3.88. The zero-order chi connectivity index (χ0) is 31.3. The number of hydrogen-bond acceptors (Lipinski definition) is 6. The number of fused-ring (bicyclic) bond motifs is 1. The molecule has 2 aliphatic heterocycles. The van der Waals surface area contributed by atoms with E-state index in [9.17, 15) is 14.4 Å². The molecule has 2 heterocycles. The molecule has 34 heavy (non-hydrogen) atoms.